The Morgan fingerprint density at radius 1 is 1.36 bits per heavy atom. The van der Waals surface area contributed by atoms with Gasteiger partial charge in [-0.1, -0.05) is 32.9 Å². The molecule has 14 heavy (non-hydrogen) atoms. The second-order valence-electron chi connectivity index (χ2n) is 4.30. The van der Waals surface area contributed by atoms with Gasteiger partial charge in [-0.15, -0.1) is 0 Å². The maximum atomic E-state index is 5.45. The fourth-order valence-electron chi connectivity index (χ4n) is 1.41. The van der Waals surface area contributed by atoms with Crippen molar-refractivity contribution in [2.75, 3.05) is 6.54 Å². The molecule has 1 atom stereocenters. The predicted molar refractivity (Wildman–Crippen MR) is 64.5 cm³/mol. The minimum atomic E-state index is 0.588. The van der Waals surface area contributed by atoms with Crippen LogP contribution in [0, 0.1) is 11.8 Å². The first-order chi connectivity index (χ1) is 6.45. The average Bonchev–Trinajstić information content (AvgIpc) is 2.10. The quantitative estimate of drug-likeness (QED) is 0.301. The van der Waals surface area contributed by atoms with Gasteiger partial charge in [-0.25, -0.2) is 0 Å². The van der Waals surface area contributed by atoms with Crippen LogP contribution in [0.4, 0.5) is 0 Å². The molecule has 0 aliphatic rings. The fraction of sp³-hybridized carbons (Fsp3) is 0.750. The Morgan fingerprint density at radius 2 is 1.93 bits per heavy atom. The molecule has 82 valence electrons. The number of aliphatic imine (C=N–C) groups is 1. The number of allylic oxidation sites excluding steroid dienone is 1. The highest BCUT2D eigenvalue weighted by molar-refractivity contribution is 5.77. The zero-order chi connectivity index (χ0) is 11.1. The van der Waals surface area contributed by atoms with Crippen LogP contribution in [-0.4, -0.2) is 12.4 Å². The van der Waals surface area contributed by atoms with E-state index in [1.165, 1.54) is 5.57 Å². The molecule has 2 nitrogen and oxygen atoms in total. The van der Waals surface area contributed by atoms with Gasteiger partial charge in [0.2, 0.25) is 0 Å². The molecule has 0 saturated heterocycles. The van der Waals surface area contributed by atoms with Crippen LogP contribution in [0.1, 0.15) is 40.5 Å². The molecule has 0 spiro atoms. The lowest BCUT2D eigenvalue weighted by Crippen LogP contribution is -2.08. The van der Waals surface area contributed by atoms with E-state index in [1.807, 2.05) is 6.92 Å². The summed E-state index contributed by atoms with van der Waals surface area (Å²) >= 11 is 0. The third-order valence-electron chi connectivity index (χ3n) is 2.53. The highest BCUT2D eigenvalue weighted by atomic mass is 14.8. The molecule has 0 amide bonds. The summed E-state index contributed by atoms with van der Waals surface area (Å²) in [5.74, 6) is 1.87. The molecule has 2 heteroatoms. The van der Waals surface area contributed by atoms with Crippen LogP contribution in [0.25, 0.3) is 0 Å². The van der Waals surface area contributed by atoms with E-state index < -0.39 is 0 Å². The Bertz CT molecular complexity index is 200. The molecule has 0 aromatic heterocycles. The first-order valence-corrected chi connectivity index (χ1v) is 5.40. The van der Waals surface area contributed by atoms with Crippen LogP contribution in [0.15, 0.2) is 17.1 Å². The summed E-state index contributed by atoms with van der Waals surface area (Å²) in [5, 5.41) is 0. The van der Waals surface area contributed by atoms with E-state index in [1.54, 1.807) is 0 Å². The predicted octanol–water partition coefficient (Wildman–Crippen LogP) is 2.99. The number of amidine groups is 1. The minimum Gasteiger partial charge on any atom is -0.388 e. The second-order valence-corrected chi connectivity index (χ2v) is 4.30. The summed E-state index contributed by atoms with van der Waals surface area (Å²) in [4.78, 5) is 4.17. The molecule has 0 aliphatic carbocycles. The van der Waals surface area contributed by atoms with E-state index in [0.717, 1.165) is 19.4 Å². The molecule has 0 fully saturated rings. The molecule has 0 aromatic carbocycles. The average molecular weight is 196 g/mol. The van der Waals surface area contributed by atoms with Gasteiger partial charge in [0.25, 0.3) is 0 Å². The van der Waals surface area contributed by atoms with Gasteiger partial charge in [-0.3, -0.25) is 4.99 Å². The van der Waals surface area contributed by atoms with Crippen molar-refractivity contribution in [1.29, 1.82) is 0 Å². The van der Waals surface area contributed by atoms with Crippen LogP contribution in [0.2, 0.25) is 0 Å². The van der Waals surface area contributed by atoms with Gasteiger partial charge < -0.3 is 5.73 Å². The molecule has 0 bridgehead atoms. The summed E-state index contributed by atoms with van der Waals surface area (Å²) in [5.41, 5.74) is 6.80. The first-order valence-electron chi connectivity index (χ1n) is 5.40. The van der Waals surface area contributed by atoms with E-state index in [-0.39, 0.29) is 0 Å². The summed E-state index contributed by atoms with van der Waals surface area (Å²) in [7, 11) is 0. The highest BCUT2D eigenvalue weighted by Crippen LogP contribution is 2.21. The van der Waals surface area contributed by atoms with Crippen molar-refractivity contribution in [3.8, 4) is 0 Å². The Balaban J connectivity index is 3.69. The molecule has 1 unspecified atom stereocenters. The lowest BCUT2D eigenvalue weighted by Gasteiger charge is -2.17. The van der Waals surface area contributed by atoms with Crippen molar-refractivity contribution in [3.05, 3.63) is 12.2 Å². The summed E-state index contributed by atoms with van der Waals surface area (Å²) < 4.78 is 0. The largest absolute Gasteiger partial charge is 0.388 e. The van der Waals surface area contributed by atoms with Crippen molar-refractivity contribution in [2.24, 2.45) is 22.6 Å². The molecular formula is C12H24N2. The van der Waals surface area contributed by atoms with Crippen LogP contribution in [0.3, 0.4) is 0 Å². The van der Waals surface area contributed by atoms with Gasteiger partial charge in [0.1, 0.15) is 0 Å². The second kappa shape index (κ2) is 6.63. The van der Waals surface area contributed by atoms with Gasteiger partial charge in [0.15, 0.2) is 0 Å². The topological polar surface area (TPSA) is 38.4 Å². The molecule has 2 N–H and O–H groups in total. The van der Waals surface area contributed by atoms with E-state index in [4.69, 9.17) is 5.73 Å². The third kappa shape index (κ3) is 5.79. The van der Waals surface area contributed by atoms with Crippen LogP contribution in [-0.2, 0) is 0 Å². The summed E-state index contributed by atoms with van der Waals surface area (Å²) in [6, 6.07) is 0. The molecular weight excluding hydrogens is 172 g/mol. The molecule has 0 heterocycles. The van der Waals surface area contributed by atoms with Gasteiger partial charge in [-0.2, -0.15) is 0 Å². The standard InChI is InChI=1S/C12H24N2/c1-9(2)11(4)10(3)7-6-8-14-12(5)13/h9-10H,4,6-8H2,1-3,5H3,(H2,13,14). The van der Waals surface area contributed by atoms with E-state index >= 15 is 0 Å². The zero-order valence-electron chi connectivity index (χ0n) is 10.0. The molecule has 0 saturated carbocycles. The maximum Gasteiger partial charge on any atom is 0.0905 e. The van der Waals surface area contributed by atoms with E-state index in [0.29, 0.717) is 17.7 Å². The fourth-order valence-corrected chi connectivity index (χ4v) is 1.41. The molecule has 0 rings (SSSR count). The minimum absolute atomic E-state index is 0.588. The Morgan fingerprint density at radius 3 is 2.36 bits per heavy atom. The first kappa shape index (κ1) is 13.2. The third-order valence-corrected chi connectivity index (χ3v) is 2.53. The zero-order valence-corrected chi connectivity index (χ0v) is 10.0. The lowest BCUT2D eigenvalue weighted by molar-refractivity contribution is 0.531. The van der Waals surface area contributed by atoms with Crippen molar-refractivity contribution >= 4 is 5.84 Å². The van der Waals surface area contributed by atoms with E-state index in [9.17, 15) is 0 Å². The summed E-state index contributed by atoms with van der Waals surface area (Å²) in [6.45, 7) is 13.4. The maximum absolute atomic E-state index is 5.45. The monoisotopic (exact) mass is 196 g/mol. The van der Waals surface area contributed by atoms with Crippen molar-refractivity contribution in [2.45, 2.75) is 40.5 Å². The van der Waals surface area contributed by atoms with Crippen LogP contribution < -0.4 is 5.73 Å². The van der Waals surface area contributed by atoms with E-state index in [2.05, 4.69) is 32.3 Å². The molecule has 0 aromatic rings. The molecule has 0 aliphatic heterocycles. The highest BCUT2D eigenvalue weighted by Gasteiger charge is 2.09. The Kier molecular flexibility index (Phi) is 6.26. The number of rotatable bonds is 6. The number of hydrogen-bond donors (Lipinski definition) is 1. The van der Waals surface area contributed by atoms with Gasteiger partial charge >= 0.3 is 0 Å². The SMILES string of the molecule is C=C(C(C)C)C(C)CCCN=C(C)N. The lowest BCUT2D eigenvalue weighted by atomic mass is 9.89. The van der Waals surface area contributed by atoms with Gasteiger partial charge in [0.05, 0.1) is 5.84 Å². The molecule has 0 radical (unpaired) electrons. The van der Waals surface area contributed by atoms with Crippen LogP contribution in [0.5, 0.6) is 0 Å². The van der Waals surface area contributed by atoms with Crippen molar-refractivity contribution in [1.82, 2.24) is 0 Å². The van der Waals surface area contributed by atoms with Crippen LogP contribution >= 0.6 is 0 Å². The number of hydrogen-bond acceptors (Lipinski definition) is 1. The van der Waals surface area contributed by atoms with Crippen molar-refractivity contribution in [3.63, 3.8) is 0 Å². The number of nitrogens with two attached hydrogens (primary N) is 1. The van der Waals surface area contributed by atoms with Gasteiger partial charge in [0, 0.05) is 6.54 Å². The van der Waals surface area contributed by atoms with Crippen molar-refractivity contribution < 1.29 is 0 Å². The Hall–Kier alpha value is -0.790. The normalized spacial score (nSPS) is 14.5. The number of nitrogens with zero attached hydrogens (tertiary/aromatic N) is 1. The summed E-state index contributed by atoms with van der Waals surface area (Å²) in [6.07, 6.45) is 2.26. The smallest absolute Gasteiger partial charge is 0.0905 e. The van der Waals surface area contributed by atoms with Gasteiger partial charge in [-0.05, 0) is 31.6 Å². The Labute approximate surface area is 88.3 Å².